The average Bonchev–Trinajstić information content (AvgIpc) is 3.25. The molecule has 3 N–H and O–H groups in total. The van der Waals surface area contributed by atoms with Gasteiger partial charge in [0.1, 0.15) is 6.04 Å². The van der Waals surface area contributed by atoms with E-state index in [9.17, 15) is 18.3 Å². The van der Waals surface area contributed by atoms with Gasteiger partial charge in [0.15, 0.2) is 6.29 Å². The van der Waals surface area contributed by atoms with Crippen molar-refractivity contribution in [2.24, 2.45) is 0 Å². The van der Waals surface area contributed by atoms with Gasteiger partial charge in [-0.05, 0) is 77.1 Å². The average molecular weight is 799 g/mol. The molecule has 1 heterocycles. The monoisotopic (exact) mass is 798 g/mol. The molecule has 1 aliphatic heterocycles. The summed E-state index contributed by atoms with van der Waals surface area (Å²) in [5, 5.41) is 12.5. The van der Waals surface area contributed by atoms with Gasteiger partial charge in [-0.3, -0.25) is 4.79 Å². The molecular weight excluding hydrogens is 753 g/mol. The summed E-state index contributed by atoms with van der Waals surface area (Å²) < 4.78 is 42.5. The predicted octanol–water partition coefficient (Wildman–Crippen LogP) is 8.70. The zero-order valence-electron chi connectivity index (χ0n) is 31.7. The van der Waals surface area contributed by atoms with Gasteiger partial charge in [0.05, 0.1) is 23.7 Å². The van der Waals surface area contributed by atoms with Crippen molar-refractivity contribution in [3.8, 4) is 11.1 Å². The summed E-state index contributed by atoms with van der Waals surface area (Å²) in [5.41, 5.74) is 7.43. The number of sulfonamides is 1. The molecule has 0 saturated carbocycles. The number of hydrogen-bond acceptors (Lipinski definition) is 7. The predicted molar refractivity (Wildman–Crippen MR) is 225 cm³/mol. The Hall–Kier alpha value is -5.07. The fourth-order valence-corrected chi connectivity index (χ4v) is 8.88. The molecule has 0 bridgehead atoms. The van der Waals surface area contributed by atoms with E-state index in [1.54, 1.807) is 36.0 Å². The second kappa shape index (κ2) is 18.9. The molecule has 10 heteroatoms. The summed E-state index contributed by atoms with van der Waals surface area (Å²) in [6.45, 7) is 2.10. The molecule has 6 aromatic carbocycles. The lowest BCUT2D eigenvalue weighted by Gasteiger charge is -2.36. The van der Waals surface area contributed by atoms with Crippen LogP contribution in [0, 0.1) is 6.92 Å². The normalized spacial score (nSPS) is 17.5. The molecule has 1 aliphatic rings. The summed E-state index contributed by atoms with van der Waals surface area (Å²) in [7, 11) is -3.95. The van der Waals surface area contributed by atoms with Crippen molar-refractivity contribution in [1.29, 1.82) is 0 Å². The van der Waals surface area contributed by atoms with Gasteiger partial charge in [-0.1, -0.05) is 133 Å². The van der Waals surface area contributed by atoms with E-state index in [4.69, 9.17) is 9.47 Å². The maximum atomic E-state index is 13.6. The van der Waals surface area contributed by atoms with E-state index in [-0.39, 0.29) is 36.7 Å². The first-order valence-electron chi connectivity index (χ1n) is 19.0. The Morgan fingerprint density at radius 2 is 1.40 bits per heavy atom. The van der Waals surface area contributed by atoms with E-state index in [1.165, 1.54) is 4.90 Å². The summed E-state index contributed by atoms with van der Waals surface area (Å²) in [6.07, 6.45) is 0.123. The van der Waals surface area contributed by atoms with E-state index in [0.717, 1.165) is 50.3 Å². The number of aryl methyl sites for hydroxylation is 1. The third-order valence-corrected chi connectivity index (χ3v) is 12.6. The third-order valence-electron chi connectivity index (χ3n) is 9.93. The quantitative estimate of drug-likeness (QED) is 0.0892. The van der Waals surface area contributed by atoms with Crippen LogP contribution in [-0.2, 0) is 43.9 Å². The van der Waals surface area contributed by atoms with Crippen LogP contribution in [0.2, 0.25) is 0 Å². The molecule has 292 valence electrons. The van der Waals surface area contributed by atoms with Crippen molar-refractivity contribution < 1.29 is 27.8 Å². The molecule has 7 rings (SSSR count). The van der Waals surface area contributed by atoms with Crippen molar-refractivity contribution in [3.63, 3.8) is 0 Å². The van der Waals surface area contributed by atoms with Crippen LogP contribution in [0.15, 0.2) is 168 Å². The number of aliphatic hydroxyl groups excluding tert-OH is 1. The highest BCUT2D eigenvalue weighted by Gasteiger charge is 2.32. The number of benzene rings is 6. The summed E-state index contributed by atoms with van der Waals surface area (Å²) in [5.74, 6) is 0.363. The lowest BCUT2D eigenvalue weighted by Crippen LogP contribution is -2.47. The molecule has 4 atom stereocenters. The van der Waals surface area contributed by atoms with Crippen LogP contribution in [0.25, 0.3) is 11.1 Å². The molecule has 0 unspecified atom stereocenters. The largest absolute Gasteiger partial charge is 0.392 e. The van der Waals surface area contributed by atoms with Crippen molar-refractivity contribution in [1.82, 2.24) is 10.0 Å². The van der Waals surface area contributed by atoms with E-state index >= 15 is 0 Å². The molecule has 0 radical (unpaired) electrons. The highest BCUT2D eigenvalue weighted by Crippen LogP contribution is 2.40. The smallest absolute Gasteiger partial charge is 0.241 e. The Kier molecular flexibility index (Phi) is 13.3. The van der Waals surface area contributed by atoms with E-state index in [2.05, 4.69) is 22.2 Å². The summed E-state index contributed by atoms with van der Waals surface area (Å²) in [4.78, 5) is 14.9. The fraction of sp³-hybridized carbons (Fsp3) is 0.213. The molecule has 1 amide bonds. The number of hydrogen-bond donors (Lipinski definition) is 3. The Balaban J connectivity index is 1.03. The van der Waals surface area contributed by atoms with Crippen LogP contribution in [0.5, 0.6) is 0 Å². The van der Waals surface area contributed by atoms with Crippen LogP contribution in [-0.4, -0.2) is 37.3 Å². The number of carbonyl (C=O) groups excluding carboxylic acids is 1. The zero-order chi connectivity index (χ0) is 39.6. The van der Waals surface area contributed by atoms with Crippen LogP contribution in [0.1, 0.15) is 52.2 Å². The second-order valence-electron chi connectivity index (χ2n) is 14.2. The number of amides is 1. The van der Waals surface area contributed by atoms with Crippen molar-refractivity contribution in [2.45, 2.75) is 67.2 Å². The number of nitrogens with one attached hydrogen (secondary N) is 2. The first-order chi connectivity index (χ1) is 27.7. The first kappa shape index (κ1) is 40.1. The Bertz CT molecular complexity index is 2320. The Labute approximate surface area is 339 Å². The van der Waals surface area contributed by atoms with Gasteiger partial charge in [0.2, 0.25) is 15.9 Å². The standard InChI is InChI=1S/C47H46N2O6S2/c1-33-15-25-43(26-16-33)57(52,53)49-44(28-34-9-4-2-5-10-34)46(51)48-30-36-11-8-12-40(27-36)37-21-23-39(24-22-37)47-54-41(32-56-42-13-6-3-7-14-42)29-45(55-47)38-19-17-35(31-50)18-20-38/h2-27,41,44-45,47,49-50H,28-32H2,1H3,(H,48,51)/t41-,44+,45+,47+/m0/s1. The molecule has 0 spiro atoms. The maximum absolute atomic E-state index is 13.6. The maximum Gasteiger partial charge on any atom is 0.241 e. The summed E-state index contributed by atoms with van der Waals surface area (Å²) in [6, 6.07) is 49.2. The van der Waals surface area contributed by atoms with Crippen LogP contribution in [0.3, 0.4) is 0 Å². The molecule has 8 nitrogen and oxygen atoms in total. The molecule has 1 saturated heterocycles. The van der Waals surface area contributed by atoms with Gasteiger partial charge in [-0.25, -0.2) is 8.42 Å². The molecule has 0 aliphatic carbocycles. The zero-order valence-corrected chi connectivity index (χ0v) is 33.3. The SMILES string of the molecule is Cc1ccc(S(=O)(=O)N[C@H](Cc2ccccc2)C(=O)NCc2cccc(-c3ccc([C@@H]4O[C@H](CSc5ccccc5)C[C@H](c5ccc(CO)cc5)O4)cc3)c2)cc1. The first-order valence-corrected chi connectivity index (χ1v) is 21.5. The Morgan fingerprint density at radius 1 is 0.737 bits per heavy atom. The fourth-order valence-electron chi connectivity index (χ4n) is 6.75. The van der Waals surface area contributed by atoms with Crippen LogP contribution >= 0.6 is 11.8 Å². The highest BCUT2D eigenvalue weighted by molar-refractivity contribution is 7.99. The van der Waals surface area contributed by atoms with E-state index in [1.807, 2.05) is 128 Å². The van der Waals surface area contributed by atoms with E-state index < -0.39 is 28.3 Å². The van der Waals surface area contributed by atoms with E-state index in [0.29, 0.717) is 6.42 Å². The van der Waals surface area contributed by atoms with Crippen LogP contribution < -0.4 is 10.0 Å². The topological polar surface area (TPSA) is 114 Å². The van der Waals surface area contributed by atoms with Crippen LogP contribution in [0.4, 0.5) is 0 Å². The van der Waals surface area contributed by atoms with Gasteiger partial charge in [0, 0.05) is 29.2 Å². The number of thioether (sulfide) groups is 1. The minimum absolute atomic E-state index is 0.00805. The van der Waals surface area contributed by atoms with Crippen molar-refractivity contribution in [2.75, 3.05) is 5.75 Å². The lowest BCUT2D eigenvalue weighted by molar-refractivity contribution is -0.245. The Morgan fingerprint density at radius 3 is 2.11 bits per heavy atom. The third kappa shape index (κ3) is 10.9. The number of ether oxygens (including phenoxy) is 2. The molecule has 1 fully saturated rings. The molecule has 0 aromatic heterocycles. The highest BCUT2D eigenvalue weighted by atomic mass is 32.2. The number of aliphatic hydroxyl groups is 1. The van der Waals surface area contributed by atoms with Crippen molar-refractivity contribution >= 4 is 27.7 Å². The number of carbonyl (C=O) groups is 1. The molecule has 6 aromatic rings. The minimum atomic E-state index is -3.95. The molecule has 57 heavy (non-hydrogen) atoms. The lowest BCUT2D eigenvalue weighted by atomic mass is 9.99. The second-order valence-corrected chi connectivity index (χ2v) is 17.0. The van der Waals surface area contributed by atoms with Gasteiger partial charge >= 0.3 is 0 Å². The minimum Gasteiger partial charge on any atom is -0.392 e. The van der Waals surface area contributed by atoms with Gasteiger partial charge in [-0.15, -0.1) is 11.8 Å². The van der Waals surface area contributed by atoms with Crippen molar-refractivity contribution in [3.05, 3.63) is 191 Å². The summed E-state index contributed by atoms with van der Waals surface area (Å²) >= 11 is 1.77. The van der Waals surface area contributed by atoms with Gasteiger partial charge < -0.3 is 19.9 Å². The van der Waals surface area contributed by atoms with Gasteiger partial charge in [-0.2, -0.15) is 4.72 Å². The molecular formula is C47H46N2O6S2. The van der Waals surface area contributed by atoms with Gasteiger partial charge in [0.25, 0.3) is 0 Å². The number of rotatable bonds is 15.